The molecule has 4 N–H and O–H groups in total. The van der Waals surface area contributed by atoms with Crippen molar-refractivity contribution < 1.29 is 4.79 Å². The monoisotopic (exact) mass is 342 g/mol. The van der Waals surface area contributed by atoms with Crippen molar-refractivity contribution in [3.63, 3.8) is 0 Å². The van der Waals surface area contributed by atoms with Crippen LogP contribution in [0.25, 0.3) is 0 Å². The number of carbonyl (C=O) groups is 1. The Kier molecular flexibility index (Phi) is 4.11. The number of anilines is 2. The average molecular weight is 344 g/mol. The van der Waals surface area contributed by atoms with Crippen LogP contribution in [0.5, 0.6) is 0 Å². The Balaban J connectivity index is 2.26. The van der Waals surface area contributed by atoms with E-state index < -0.39 is 0 Å². The normalized spacial score (nSPS) is 10.5. The number of aromatic nitrogens is 2. The number of carbonyl (C=O) groups excluding carboxylic acids is 1. The smallest absolute Gasteiger partial charge is 0.278 e. The Bertz CT molecular complexity index is 626. The fourth-order valence-electron chi connectivity index (χ4n) is 1.61. The van der Waals surface area contributed by atoms with E-state index >= 15 is 0 Å². The number of benzene rings is 1. The van der Waals surface area contributed by atoms with Gasteiger partial charge in [0.1, 0.15) is 0 Å². The Morgan fingerprint density at radius 3 is 2.95 bits per heavy atom. The minimum atomic E-state index is -0.378. The number of H-pyrrole nitrogens is 1. The van der Waals surface area contributed by atoms with Crippen LogP contribution >= 0.6 is 27.5 Å². The number of nitrogens with zero attached hydrogens (tertiary/aromatic N) is 1. The molecule has 1 amide bonds. The van der Waals surface area contributed by atoms with Gasteiger partial charge in [0.05, 0.1) is 26.6 Å². The molecule has 5 nitrogen and oxygen atoms in total. The van der Waals surface area contributed by atoms with Gasteiger partial charge < -0.3 is 11.1 Å². The fraction of sp³-hybridized carbons (Fsp3) is 0.167. The third kappa shape index (κ3) is 2.74. The Morgan fingerprint density at radius 2 is 2.32 bits per heavy atom. The van der Waals surface area contributed by atoms with Gasteiger partial charge in [0, 0.05) is 0 Å². The second-order valence-corrected chi connectivity index (χ2v) is 5.07. The topological polar surface area (TPSA) is 83.8 Å². The summed E-state index contributed by atoms with van der Waals surface area (Å²) < 4.78 is 0.620. The molecule has 1 aromatic carbocycles. The van der Waals surface area contributed by atoms with E-state index in [9.17, 15) is 4.79 Å². The van der Waals surface area contributed by atoms with Gasteiger partial charge in [-0.3, -0.25) is 9.89 Å². The first-order chi connectivity index (χ1) is 9.04. The summed E-state index contributed by atoms with van der Waals surface area (Å²) in [6, 6.07) is 5.20. The molecule has 0 aliphatic carbocycles. The van der Waals surface area contributed by atoms with E-state index in [2.05, 4.69) is 31.4 Å². The molecule has 2 aromatic rings. The molecule has 0 unspecified atom stereocenters. The van der Waals surface area contributed by atoms with E-state index in [0.29, 0.717) is 27.3 Å². The molecule has 0 saturated heterocycles. The highest BCUT2D eigenvalue weighted by Gasteiger charge is 2.17. The van der Waals surface area contributed by atoms with Gasteiger partial charge in [0.2, 0.25) is 0 Å². The van der Waals surface area contributed by atoms with Crippen molar-refractivity contribution in [2.24, 2.45) is 0 Å². The molecular weight excluding hydrogens is 332 g/mol. The van der Waals surface area contributed by atoms with Gasteiger partial charge in [0.15, 0.2) is 5.69 Å². The van der Waals surface area contributed by atoms with E-state index in [1.165, 1.54) is 0 Å². The summed E-state index contributed by atoms with van der Waals surface area (Å²) in [5, 5.41) is 9.90. The van der Waals surface area contributed by atoms with Crippen molar-refractivity contribution in [1.82, 2.24) is 10.2 Å². The summed E-state index contributed by atoms with van der Waals surface area (Å²) in [5.41, 5.74) is 7.71. The van der Waals surface area contributed by atoms with Crippen molar-refractivity contribution in [2.75, 3.05) is 11.1 Å². The lowest BCUT2D eigenvalue weighted by atomic mass is 10.2. The van der Waals surface area contributed by atoms with Gasteiger partial charge in [-0.2, -0.15) is 5.10 Å². The molecule has 0 bridgehead atoms. The quantitative estimate of drug-likeness (QED) is 0.800. The van der Waals surface area contributed by atoms with Crippen LogP contribution in [0.3, 0.4) is 0 Å². The van der Waals surface area contributed by atoms with E-state index in [-0.39, 0.29) is 11.6 Å². The largest absolute Gasteiger partial charge is 0.395 e. The lowest BCUT2D eigenvalue weighted by molar-refractivity contribution is 0.102. The molecular formula is C12H12BrClN4O. The summed E-state index contributed by atoms with van der Waals surface area (Å²) in [7, 11) is 0. The maximum atomic E-state index is 12.1. The maximum Gasteiger partial charge on any atom is 0.278 e. The molecule has 0 fully saturated rings. The SMILES string of the molecule is CCc1[nH]nc(C(=O)Nc2cccc(Cl)c2Br)c1N. The standard InChI is InChI=1S/C12H12BrClN4O/c1-2-7-10(15)11(18-17-7)12(19)16-8-5-3-4-6(14)9(8)13/h3-5H,2,15H2,1H3,(H,16,19)(H,17,18). The third-order valence-corrected chi connectivity index (χ3v) is 4.05. The van der Waals surface area contributed by atoms with E-state index in [4.69, 9.17) is 17.3 Å². The lowest BCUT2D eigenvalue weighted by Gasteiger charge is -2.07. The Labute approximate surface area is 123 Å². The first-order valence-corrected chi connectivity index (χ1v) is 6.79. The number of nitrogens with one attached hydrogen (secondary N) is 2. The number of rotatable bonds is 3. The molecule has 0 atom stereocenters. The predicted octanol–water partition coefficient (Wildman–Crippen LogP) is 3.22. The van der Waals surface area contributed by atoms with Gasteiger partial charge >= 0.3 is 0 Å². The van der Waals surface area contributed by atoms with Crippen molar-refractivity contribution >= 4 is 44.8 Å². The number of hydrogen-bond donors (Lipinski definition) is 3. The van der Waals surface area contributed by atoms with E-state index in [1.807, 2.05) is 6.92 Å². The van der Waals surface area contributed by atoms with Gasteiger partial charge in [0.25, 0.3) is 5.91 Å². The number of nitrogen functional groups attached to an aromatic ring is 1. The summed E-state index contributed by atoms with van der Waals surface area (Å²) in [4.78, 5) is 12.1. The first-order valence-electron chi connectivity index (χ1n) is 5.62. The van der Waals surface area contributed by atoms with Crippen LogP contribution in [0.15, 0.2) is 22.7 Å². The van der Waals surface area contributed by atoms with E-state index in [0.717, 1.165) is 5.69 Å². The predicted molar refractivity (Wildman–Crippen MR) is 79.5 cm³/mol. The van der Waals surface area contributed by atoms with Crippen molar-refractivity contribution in [2.45, 2.75) is 13.3 Å². The van der Waals surface area contributed by atoms with Crippen molar-refractivity contribution in [1.29, 1.82) is 0 Å². The Hall–Kier alpha value is -1.53. The van der Waals surface area contributed by atoms with Crippen molar-refractivity contribution in [3.8, 4) is 0 Å². The number of hydrogen-bond acceptors (Lipinski definition) is 3. The first kappa shape index (κ1) is 13.9. The highest BCUT2D eigenvalue weighted by atomic mass is 79.9. The number of aryl methyl sites for hydroxylation is 1. The zero-order valence-corrected chi connectivity index (χ0v) is 12.5. The van der Waals surface area contributed by atoms with Crippen LogP contribution < -0.4 is 11.1 Å². The molecule has 19 heavy (non-hydrogen) atoms. The zero-order chi connectivity index (χ0) is 14.0. The number of amides is 1. The van der Waals surface area contributed by atoms with Crippen LogP contribution in [0, 0.1) is 0 Å². The minimum Gasteiger partial charge on any atom is -0.395 e. The van der Waals surface area contributed by atoms with Gasteiger partial charge in [-0.15, -0.1) is 0 Å². The summed E-state index contributed by atoms with van der Waals surface area (Å²) in [6.07, 6.45) is 0.687. The lowest BCUT2D eigenvalue weighted by Crippen LogP contribution is -2.14. The molecule has 0 saturated carbocycles. The highest BCUT2D eigenvalue weighted by molar-refractivity contribution is 9.10. The summed E-state index contributed by atoms with van der Waals surface area (Å²) in [5.74, 6) is -0.378. The molecule has 0 spiro atoms. The minimum absolute atomic E-state index is 0.184. The Morgan fingerprint density at radius 1 is 1.58 bits per heavy atom. The second kappa shape index (κ2) is 5.63. The molecule has 0 radical (unpaired) electrons. The summed E-state index contributed by atoms with van der Waals surface area (Å²) >= 11 is 9.27. The van der Waals surface area contributed by atoms with Crippen LogP contribution in [-0.4, -0.2) is 16.1 Å². The molecule has 2 rings (SSSR count). The maximum absolute atomic E-state index is 12.1. The van der Waals surface area contributed by atoms with E-state index in [1.54, 1.807) is 18.2 Å². The molecule has 0 aliphatic rings. The van der Waals surface area contributed by atoms with Crippen LogP contribution in [0.2, 0.25) is 5.02 Å². The van der Waals surface area contributed by atoms with Gasteiger partial charge in [-0.25, -0.2) is 0 Å². The molecule has 7 heteroatoms. The van der Waals surface area contributed by atoms with Crippen molar-refractivity contribution in [3.05, 3.63) is 39.1 Å². The van der Waals surface area contributed by atoms with Crippen LogP contribution in [-0.2, 0) is 6.42 Å². The molecule has 0 aliphatic heterocycles. The highest BCUT2D eigenvalue weighted by Crippen LogP contribution is 2.30. The van der Waals surface area contributed by atoms with Crippen LogP contribution in [0.1, 0.15) is 23.1 Å². The molecule has 100 valence electrons. The van der Waals surface area contributed by atoms with Crippen LogP contribution in [0.4, 0.5) is 11.4 Å². The number of halogens is 2. The third-order valence-electron chi connectivity index (χ3n) is 2.65. The number of nitrogens with two attached hydrogens (primary N) is 1. The molecule has 1 aromatic heterocycles. The molecule has 1 heterocycles. The average Bonchev–Trinajstić information content (AvgIpc) is 2.76. The summed E-state index contributed by atoms with van der Waals surface area (Å²) in [6.45, 7) is 1.93. The number of aromatic amines is 1. The second-order valence-electron chi connectivity index (χ2n) is 3.87. The van der Waals surface area contributed by atoms with Gasteiger partial charge in [-0.1, -0.05) is 24.6 Å². The fourth-order valence-corrected chi connectivity index (χ4v) is 2.15. The zero-order valence-electron chi connectivity index (χ0n) is 10.1. The van der Waals surface area contributed by atoms with Gasteiger partial charge in [-0.05, 0) is 34.5 Å².